The number of nitrogen functional groups attached to an aromatic ring is 1. The molecule has 0 aliphatic carbocycles. The summed E-state index contributed by atoms with van der Waals surface area (Å²) < 4.78 is 39.4. The Labute approximate surface area is 120 Å². The molecule has 0 aliphatic rings. The molecule has 0 saturated carbocycles. The number of aryl methyl sites for hydroxylation is 1. The van der Waals surface area contributed by atoms with E-state index < -0.39 is 20.7 Å². The molecule has 1 aromatic heterocycles. The molecule has 0 amide bonds. The Balaban J connectivity index is 2.32. The molecule has 0 spiro atoms. The van der Waals surface area contributed by atoms with Crippen LogP contribution in [0.5, 0.6) is 0 Å². The zero-order valence-corrected chi connectivity index (χ0v) is 12.6. The number of hydrogen-bond donors (Lipinski definition) is 1. The van der Waals surface area contributed by atoms with Gasteiger partial charge in [0.15, 0.2) is 0 Å². The average Bonchev–Trinajstić information content (AvgIpc) is 2.77. The van der Waals surface area contributed by atoms with Gasteiger partial charge in [-0.05, 0) is 25.1 Å². The standard InChI is InChI=1S/C12H14FN3O2S2/c1-8-15-6-10(19-8)7-16(2)20(17,18)12-5-9(14)3-4-11(12)13/h3-6H,7,14H2,1-2H3. The van der Waals surface area contributed by atoms with Gasteiger partial charge in [-0.15, -0.1) is 11.3 Å². The van der Waals surface area contributed by atoms with Crippen molar-refractivity contribution in [3.63, 3.8) is 0 Å². The minimum atomic E-state index is -3.92. The lowest BCUT2D eigenvalue weighted by Gasteiger charge is -2.16. The molecule has 2 rings (SSSR count). The fraction of sp³-hybridized carbons (Fsp3) is 0.250. The first-order valence-electron chi connectivity index (χ1n) is 5.73. The molecular formula is C12H14FN3O2S2. The van der Waals surface area contributed by atoms with E-state index >= 15 is 0 Å². The second-order valence-electron chi connectivity index (χ2n) is 4.30. The van der Waals surface area contributed by atoms with Crippen LogP contribution in [0.4, 0.5) is 10.1 Å². The molecule has 108 valence electrons. The number of nitrogens with two attached hydrogens (primary N) is 1. The van der Waals surface area contributed by atoms with Gasteiger partial charge in [-0.25, -0.2) is 17.8 Å². The summed E-state index contributed by atoms with van der Waals surface area (Å²) in [5.74, 6) is -0.813. The lowest BCUT2D eigenvalue weighted by atomic mass is 10.3. The van der Waals surface area contributed by atoms with Gasteiger partial charge in [-0.1, -0.05) is 0 Å². The zero-order chi connectivity index (χ0) is 14.9. The maximum atomic E-state index is 13.7. The van der Waals surface area contributed by atoms with E-state index in [1.807, 2.05) is 6.92 Å². The number of anilines is 1. The van der Waals surface area contributed by atoms with Crippen LogP contribution < -0.4 is 5.73 Å². The first kappa shape index (κ1) is 14.9. The van der Waals surface area contributed by atoms with Crippen molar-refractivity contribution in [3.05, 3.63) is 40.1 Å². The normalized spacial score (nSPS) is 12.0. The van der Waals surface area contributed by atoms with Crippen LogP contribution >= 0.6 is 11.3 Å². The number of nitrogens with zero attached hydrogens (tertiary/aromatic N) is 2. The number of sulfonamides is 1. The summed E-state index contributed by atoms with van der Waals surface area (Å²) in [7, 11) is -2.53. The van der Waals surface area contributed by atoms with Crippen LogP contribution in [-0.4, -0.2) is 24.8 Å². The molecule has 0 atom stereocenters. The third kappa shape index (κ3) is 2.97. The monoisotopic (exact) mass is 315 g/mol. The predicted octanol–water partition coefficient (Wildman–Crippen LogP) is 1.99. The molecule has 2 N–H and O–H groups in total. The molecule has 1 heterocycles. The predicted molar refractivity (Wildman–Crippen MR) is 76.3 cm³/mol. The quantitative estimate of drug-likeness (QED) is 0.876. The van der Waals surface area contributed by atoms with Gasteiger partial charge in [0.2, 0.25) is 10.0 Å². The van der Waals surface area contributed by atoms with E-state index in [1.165, 1.54) is 24.5 Å². The Morgan fingerprint density at radius 1 is 1.45 bits per heavy atom. The summed E-state index contributed by atoms with van der Waals surface area (Å²) >= 11 is 1.40. The lowest BCUT2D eigenvalue weighted by Crippen LogP contribution is -2.27. The van der Waals surface area contributed by atoms with Crippen molar-refractivity contribution in [3.8, 4) is 0 Å². The van der Waals surface area contributed by atoms with Crippen molar-refractivity contribution in [1.29, 1.82) is 0 Å². The molecule has 2 aromatic rings. The fourth-order valence-corrected chi connectivity index (χ4v) is 3.84. The number of benzene rings is 1. The van der Waals surface area contributed by atoms with E-state index in [0.717, 1.165) is 26.3 Å². The lowest BCUT2D eigenvalue weighted by molar-refractivity contribution is 0.462. The highest BCUT2D eigenvalue weighted by atomic mass is 32.2. The SMILES string of the molecule is Cc1ncc(CN(C)S(=O)(=O)c2cc(N)ccc2F)s1. The summed E-state index contributed by atoms with van der Waals surface area (Å²) in [6.45, 7) is 1.97. The van der Waals surface area contributed by atoms with Crippen LogP contribution in [0.15, 0.2) is 29.3 Å². The second kappa shape index (κ2) is 5.47. The summed E-state index contributed by atoms with van der Waals surface area (Å²) in [6.07, 6.45) is 1.61. The van der Waals surface area contributed by atoms with Crippen LogP contribution in [0.1, 0.15) is 9.88 Å². The molecule has 0 unspecified atom stereocenters. The largest absolute Gasteiger partial charge is 0.399 e. The molecule has 20 heavy (non-hydrogen) atoms. The minimum Gasteiger partial charge on any atom is -0.399 e. The van der Waals surface area contributed by atoms with E-state index in [2.05, 4.69) is 4.98 Å². The van der Waals surface area contributed by atoms with Gasteiger partial charge in [0, 0.05) is 30.4 Å². The topological polar surface area (TPSA) is 76.3 Å². The zero-order valence-electron chi connectivity index (χ0n) is 11.0. The van der Waals surface area contributed by atoms with Crippen molar-refractivity contribution in [2.45, 2.75) is 18.4 Å². The maximum Gasteiger partial charge on any atom is 0.246 e. The number of thiazole rings is 1. The first-order valence-corrected chi connectivity index (χ1v) is 7.99. The van der Waals surface area contributed by atoms with Gasteiger partial charge in [0.05, 0.1) is 5.01 Å². The van der Waals surface area contributed by atoms with Crippen LogP contribution in [0, 0.1) is 12.7 Å². The van der Waals surface area contributed by atoms with E-state index in [0.29, 0.717) is 0 Å². The summed E-state index contributed by atoms with van der Waals surface area (Å²) in [5, 5.41) is 0.848. The maximum absolute atomic E-state index is 13.7. The van der Waals surface area contributed by atoms with Crippen molar-refractivity contribution in [2.75, 3.05) is 12.8 Å². The van der Waals surface area contributed by atoms with Crippen LogP contribution in [0.3, 0.4) is 0 Å². The molecule has 0 aliphatic heterocycles. The number of rotatable bonds is 4. The summed E-state index contributed by atoms with van der Waals surface area (Å²) in [4.78, 5) is 4.43. The molecule has 0 bridgehead atoms. The Kier molecular flexibility index (Phi) is 4.07. The highest BCUT2D eigenvalue weighted by molar-refractivity contribution is 7.89. The molecular weight excluding hydrogens is 301 g/mol. The molecule has 5 nitrogen and oxygen atoms in total. The van der Waals surface area contributed by atoms with Crippen molar-refractivity contribution < 1.29 is 12.8 Å². The number of halogens is 1. The molecule has 8 heteroatoms. The van der Waals surface area contributed by atoms with Gasteiger partial charge in [0.25, 0.3) is 0 Å². The van der Waals surface area contributed by atoms with Crippen molar-refractivity contribution in [2.24, 2.45) is 0 Å². The van der Waals surface area contributed by atoms with Crippen LogP contribution in [0.2, 0.25) is 0 Å². The van der Waals surface area contributed by atoms with E-state index in [1.54, 1.807) is 6.20 Å². The Morgan fingerprint density at radius 3 is 2.75 bits per heavy atom. The first-order chi connectivity index (χ1) is 9.30. The molecule has 1 aromatic carbocycles. The third-order valence-electron chi connectivity index (χ3n) is 2.69. The van der Waals surface area contributed by atoms with Crippen molar-refractivity contribution in [1.82, 2.24) is 9.29 Å². The number of hydrogen-bond acceptors (Lipinski definition) is 5. The van der Waals surface area contributed by atoms with E-state index in [9.17, 15) is 12.8 Å². The van der Waals surface area contributed by atoms with Crippen LogP contribution in [0.25, 0.3) is 0 Å². The molecule has 0 fully saturated rings. The summed E-state index contributed by atoms with van der Waals surface area (Å²) in [6, 6.07) is 3.49. The molecule has 0 radical (unpaired) electrons. The van der Waals surface area contributed by atoms with Gasteiger partial charge >= 0.3 is 0 Å². The minimum absolute atomic E-state index is 0.141. The third-order valence-corrected chi connectivity index (χ3v) is 5.41. The fourth-order valence-electron chi connectivity index (χ4n) is 1.67. The highest BCUT2D eigenvalue weighted by Gasteiger charge is 2.25. The average molecular weight is 315 g/mol. The number of aromatic nitrogens is 1. The summed E-state index contributed by atoms with van der Waals surface area (Å²) in [5.41, 5.74) is 5.72. The second-order valence-corrected chi connectivity index (χ2v) is 7.63. The van der Waals surface area contributed by atoms with E-state index in [-0.39, 0.29) is 12.2 Å². The van der Waals surface area contributed by atoms with E-state index in [4.69, 9.17) is 5.73 Å². The van der Waals surface area contributed by atoms with Gasteiger partial charge in [-0.3, -0.25) is 0 Å². The Morgan fingerprint density at radius 2 is 2.15 bits per heavy atom. The Hall–Kier alpha value is -1.51. The van der Waals surface area contributed by atoms with Crippen molar-refractivity contribution >= 4 is 27.0 Å². The Bertz CT molecular complexity index is 728. The highest BCUT2D eigenvalue weighted by Crippen LogP contribution is 2.23. The molecule has 0 saturated heterocycles. The van der Waals surface area contributed by atoms with Gasteiger partial charge < -0.3 is 5.73 Å². The van der Waals surface area contributed by atoms with Crippen LogP contribution in [-0.2, 0) is 16.6 Å². The van der Waals surface area contributed by atoms with Gasteiger partial charge in [-0.2, -0.15) is 4.31 Å². The van der Waals surface area contributed by atoms with Gasteiger partial charge in [0.1, 0.15) is 10.7 Å². The smallest absolute Gasteiger partial charge is 0.246 e.